The lowest BCUT2D eigenvalue weighted by molar-refractivity contribution is -0.137. The summed E-state index contributed by atoms with van der Waals surface area (Å²) in [7, 11) is 0. The number of hydrogen-bond acceptors (Lipinski definition) is 1. The molecule has 27 heavy (non-hydrogen) atoms. The average Bonchev–Trinajstić information content (AvgIpc) is 2.95. The Morgan fingerprint density at radius 3 is 2.33 bits per heavy atom. The Morgan fingerprint density at radius 2 is 1.67 bits per heavy atom. The van der Waals surface area contributed by atoms with E-state index in [-0.39, 0.29) is 0 Å². The SMILES string of the molecule is NC(=O)c1cccc2c1c1ccc(C(F)(F)F)cc1n2Cc1ccccc1. The van der Waals surface area contributed by atoms with Crippen LogP contribution in [0, 0.1) is 0 Å². The van der Waals surface area contributed by atoms with Gasteiger partial charge in [0.25, 0.3) is 0 Å². The lowest BCUT2D eigenvalue weighted by Gasteiger charge is -2.10. The van der Waals surface area contributed by atoms with E-state index in [4.69, 9.17) is 5.73 Å². The Kier molecular flexibility index (Phi) is 3.91. The second-order valence-corrected chi connectivity index (χ2v) is 6.37. The van der Waals surface area contributed by atoms with Gasteiger partial charge in [0.05, 0.1) is 16.6 Å². The summed E-state index contributed by atoms with van der Waals surface area (Å²) in [5.74, 6) is -0.612. The van der Waals surface area contributed by atoms with E-state index < -0.39 is 17.6 Å². The van der Waals surface area contributed by atoms with Crippen molar-refractivity contribution in [1.29, 1.82) is 0 Å². The molecule has 0 aliphatic carbocycles. The third-order valence-corrected chi connectivity index (χ3v) is 4.67. The molecule has 2 N–H and O–H groups in total. The highest BCUT2D eigenvalue weighted by atomic mass is 19.4. The first kappa shape index (κ1) is 17.1. The Labute approximate surface area is 152 Å². The normalized spacial score (nSPS) is 12.0. The zero-order valence-electron chi connectivity index (χ0n) is 14.1. The Balaban J connectivity index is 2.07. The minimum absolute atomic E-state index is 0.295. The lowest BCUT2D eigenvalue weighted by Crippen LogP contribution is -2.11. The van der Waals surface area contributed by atoms with E-state index in [9.17, 15) is 18.0 Å². The smallest absolute Gasteiger partial charge is 0.366 e. The van der Waals surface area contributed by atoms with Gasteiger partial charge in [-0.25, -0.2) is 0 Å². The number of nitrogens with zero attached hydrogens (tertiary/aromatic N) is 1. The summed E-state index contributed by atoms with van der Waals surface area (Å²) in [5, 5.41) is 1.15. The fraction of sp³-hybridized carbons (Fsp3) is 0.0952. The number of alkyl halides is 3. The van der Waals surface area contributed by atoms with Crippen molar-refractivity contribution in [2.24, 2.45) is 5.73 Å². The van der Waals surface area contributed by atoms with Crippen molar-refractivity contribution in [2.45, 2.75) is 12.7 Å². The van der Waals surface area contributed by atoms with Crippen molar-refractivity contribution in [3.63, 3.8) is 0 Å². The summed E-state index contributed by atoms with van der Waals surface area (Å²) in [6.07, 6.45) is -4.45. The molecule has 0 bridgehead atoms. The van der Waals surface area contributed by atoms with Gasteiger partial charge in [-0.05, 0) is 29.8 Å². The minimum atomic E-state index is -4.45. The Morgan fingerprint density at radius 1 is 0.926 bits per heavy atom. The number of rotatable bonds is 3. The van der Waals surface area contributed by atoms with Gasteiger partial charge in [0, 0.05) is 22.9 Å². The molecule has 0 aliphatic heterocycles. The molecular weight excluding hydrogens is 353 g/mol. The fourth-order valence-corrected chi connectivity index (χ4v) is 3.46. The number of aromatic nitrogens is 1. The quantitative estimate of drug-likeness (QED) is 0.546. The van der Waals surface area contributed by atoms with Gasteiger partial charge < -0.3 is 10.3 Å². The summed E-state index contributed by atoms with van der Waals surface area (Å²) < 4.78 is 41.6. The standard InChI is InChI=1S/C21H15F3N2O/c22-21(23,24)14-9-10-15-18(11-14)26(12-13-5-2-1-3-6-13)17-8-4-7-16(19(15)17)20(25)27/h1-11H,12H2,(H2,25,27). The van der Waals surface area contributed by atoms with Gasteiger partial charge in [0.1, 0.15) is 0 Å². The molecule has 0 spiro atoms. The van der Waals surface area contributed by atoms with E-state index in [1.165, 1.54) is 6.07 Å². The summed E-state index contributed by atoms with van der Waals surface area (Å²) in [6, 6.07) is 18.1. The Hall–Kier alpha value is -3.28. The van der Waals surface area contributed by atoms with Gasteiger partial charge in [-0.3, -0.25) is 4.79 Å². The Bertz CT molecular complexity index is 1160. The second kappa shape index (κ2) is 6.16. The largest absolute Gasteiger partial charge is 0.416 e. The lowest BCUT2D eigenvalue weighted by atomic mass is 10.0. The molecular formula is C21H15F3N2O. The molecule has 1 heterocycles. The molecule has 0 unspecified atom stereocenters. The molecule has 0 aliphatic rings. The number of primary amides is 1. The van der Waals surface area contributed by atoms with E-state index in [1.807, 2.05) is 30.3 Å². The number of carbonyl (C=O) groups excluding carboxylic acids is 1. The highest BCUT2D eigenvalue weighted by Gasteiger charge is 2.31. The predicted octanol–water partition coefficient (Wildman–Crippen LogP) is 4.96. The van der Waals surface area contributed by atoms with E-state index in [1.54, 1.807) is 22.8 Å². The van der Waals surface area contributed by atoms with Crippen molar-refractivity contribution < 1.29 is 18.0 Å². The van der Waals surface area contributed by atoms with Crippen LogP contribution in [0.5, 0.6) is 0 Å². The molecule has 3 aromatic carbocycles. The van der Waals surface area contributed by atoms with Crippen LogP contribution in [0.1, 0.15) is 21.5 Å². The number of fused-ring (bicyclic) bond motifs is 3. The van der Waals surface area contributed by atoms with Crippen LogP contribution in [0.3, 0.4) is 0 Å². The monoisotopic (exact) mass is 368 g/mol. The summed E-state index contributed by atoms with van der Waals surface area (Å²) in [5.41, 5.74) is 7.10. The van der Waals surface area contributed by atoms with Crippen LogP contribution in [0.15, 0.2) is 66.7 Å². The molecule has 0 fully saturated rings. The van der Waals surface area contributed by atoms with Crippen LogP contribution in [-0.2, 0) is 12.7 Å². The van der Waals surface area contributed by atoms with Crippen molar-refractivity contribution >= 4 is 27.7 Å². The molecule has 4 aromatic rings. The number of halogens is 3. The van der Waals surface area contributed by atoms with Crippen molar-refractivity contribution in [1.82, 2.24) is 4.57 Å². The van der Waals surface area contributed by atoms with Crippen LogP contribution in [0.25, 0.3) is 21.8 Å². The summed E-state index contributed by atoms with van der Waals surface area (Å²) in [4.78, 5) is 11.9. The minimum Gasteiger partial charge on any atom is -0.366 e. The van der Waals surface area contributed by atoms with Gasteiger partial charge in [-0.1, -0.05) is 42.5 Å². The van der Waals surface area contributed by atoms with E-state index in [0.29, 0.717) is 33.9 Å². The highest BCUT2D eigenvalue weighted by Crippen LogP contribution is 2.37. The van der Waals surface area contributed by atoms with E-state index >= 15 is 0 Å². The van der Waals surface area contributed by atoms with Crippen LogP contribution >= 0.6 is 0 Å². The molecule has 0 saturated heterocycles. The van der Waals surface area contributed by atoms with Crippen LogP contribution in [-0.4, -0.2) is 10.5 Å². The third kappa shape index (κ3) is 2.93. The van der Waals surface area contributed by atoms with Gasteiger partial charge in [-0.15, -0.1) is 0 Å². The molecule has 6 heteroatoms. The molecule has 3 nitrogen and oxygen atoms in total. The van der Waals surface area contributed by atoms with Crippen LogP contribution in [0.4, 0.5) is 13.2 Å². The zero-order chi connectivity index (χ0) is 19.2. The van der Waals surface area contributed by atoms with Crippen molar-refractivity contribution in [3.05, 3.63) is 83.4 Å². The first-order valence-corrected chi connectivity index (χ1v) is 8.32. The van der Waals surface area contributed by atoms with E-state index in [0.717, 1.165) is 17.7 Å². The fourth-order valence-electron chi connectivity index (χ4n) is 3.46. The highest BCUT2D eigenvalue weighted by molar-refractivity contribution is 6.18. The second-order valence-electron chi connectivity index (χ2n) is 6.37. The number of amides is 1. The number of nitrogens with two attached hydrogens (primary N) is 1. The van der Waals surface area contributed by atoms with Gasteiger partial charge in [-0.2, -0.15) is 13.2 Å². The maximum Gasteiger partial charge on any atom is 0.416 e. The van der Waals surface area contributed by atoms with Crippen LogP contribution in [0.2, 0.25) is 0 Å². The number of hydrogen-bond donors (Lipinski definition) is 1. The maximum absolute atomic E-state index is 13.3. The summed E-state index contributed by atoms with van der Waals surface area (Å²) in [6.45, 7) is 0.379. The molecule has 0 atom stereocenters. The first-order valence-electron chi connectivity index (χ1n) is 8.32. The number of benzene rings is 3. The van der Waals surface area contributed by atoms with Crippen LogP contribution < -0.4 is 5.73 Å². The third-order valence-electron chi connectivity index (χ3n) is 4.67. The molecule has 136 valence electrons. The molecule has 4 rings (SSSR count). The maximum atomic E-state index is 13.3. The average molecular weight is 368 g/mol. The molecule has 1 aromatic heterocycles. The molecule has 1 amide bonds. The topological polar surface area (TPSA) is 48.0 Å². The summed E-state index contributed by atoms with van der Waals surface area (Å²) >= 11 is 0. The first-order chi connectivity index (χ1) is 12.9. The van der Waals surface area contributed by atoms with Gasteiger partial charge in [0.15, 0.2) is 0 Å². The molecule has 0 saturated carbocycles. The predicted molar refractivity (Wildman–Crippen MR) is 98.5 cm³/mol. The van der Waals surface area contributed by atoms with E-state index in [2.05, 4.69) is 0 Å². The van der Waals surface area contributed by atoms with Crippen molar-refractivity contribution in [2.75, 3.05) is 0 Å². The van der Waals surface area contributed by atoms with Gasteiger partial charge in [0.2, 0.25) is 5.91 Å². The van der Waals surface area contributed by atoms with Crippen molar-refractivity contribution in [3.8, 4) is 0 Å². The zero-order valence-corrected chi connectivity index (χ0v) is 14.1. The number of carbonyl (C=O) groups is 1. The molecule has 0 radical (unpaired) electrons. The van der Waals surface area contributed by atoms with Gasteiger partial charge >= 0.3 is 6.18 Å².